The lowest BCUT2D eigenvalue weighted by atomic mass is 9.92. The van der Waals surface area contributed by atoms with Gasteiger partial charge in [-0.1, -0.05) is 6.07 Å². The first-order chi connectivity index (χ1) is 12.7. The Morgan fingerprint density at radius 3 is 2.88 bits per heavy atom. The smallest absolute Gasteiger partial charge is 0.228 e. The molecule has 0 aromatic carbocycles. The lowest BCUT2D eigenvalue weighted by Gasteiger charge is -2.33. The summed E-state index contributed by atoms with van der Waals surface area (Å²) in [5.41, 5.74) is 2.55. The molecule has 1 amide bonds. The van der Waals surface area contributed by atoms with Crippen LogP contribution in [0, 0.1) is 6.92 Å². The molecule has 1 saturated heterocycles. The van der Waals surface area contributed by atoms with Crippen LogP contribution in [-0.4, -0.2) is 43.8 Å². The number of piperidine rings is 1. The van der Waals surface area contributed by atoms with E-state index in [-0.39, 0.29) is 11.8 Å². The maximum atomic E-state index is 12.7. The van der Waals surface area contributed by atoms with Gasteiger partial charge in [0.15, 0.2) is 5.65 Å². The molecule has 0 radical (unpaired) electrons. The van der Waals surface area contributed by atoms with Crippen LogP contribution in [0.1, 0.15) is 36.0 Å². The van der Waals surface area contributed by atoms with Crippen molar-refractivity contribution in [2.45, 2.75) is 32.1 Å². The molecule has 132 valence electrons. The third-order valence-corrected chi connectivity index (χ3v) is 4.83. The highest BCUT2D eigenvalue weighted by Gasteiger charge is 2.27. The van der Waals surface area contributed by atoms with Gasteiger partial charge in [-0.2, -0.15) is 0 Å². The highest BCUT2D eigenvalue weighted by molar-refractivity contribution is 5.80. The Morgan fingerprint density at radius 1 is 1.15 bits per heavy atom. The second kappa shape index (κ2) is 7.15. The average Bonchev–Trinajstić information content (AvgIpc) is 2.68. The maximum Gasteiger partial charge on any atom is 0.228 e. The largest absolute Gasteiger partial charge is 0.342 e. The summed E-state index contributed by atoms with van der Waals surface area (Å²) in [6.45, 7) is 3.37. The Balaban J connectivity index is 1.56. The summed E-state index contributed by atoms with van der Waals surface area (Å²) in [7, 11) is 0. The standard InChI is InChI=1S/C20H21N5O/c1-14-23-19(17-8-4-10-22-20(17)24-14)15-6-5-11-25(13-15)18(26)12-16-7-2-3-9-21-16/h2-4,7-10,15H,5-6,11-13H2,1H3/t15-/m1/s1. The van der Waals surface area contributed by atoms with Crippen LogP contribution in [0.25, 0.3) is 11.0 Å². The monoisotopic (exact) mass is 347 g/mol. The molecule has 0 spiro atoms. The number of hydrogen-bond donors (Lipinski definition) is 0. The summed E-state index contributed by atoms with van der Waals surface area (Å²) in [5, 5.41) is 0.988. The fourth-order valence-corrected chi connectivity index (χ4v) is 3.61. The van der Waals surface area contributed by atoms with E-state index in [1.807, 2.05) is 42.2 Å². The molecule has 0 unspecified atom stereocenters. The molecule has 1 fully saturated rings. The zero-order valence-corrected chi connectivity index (χ0v) is 14.8. The SMILES string of the molecule is Cc1nc([C@@H]2CCCN(C(=O)Cc3ccccn3)C2)c2cccnc2n1. The van der Waals surface area contributed by atoms with E-state index in [2.05, 4.69) is 15.0 Å². The summed E-state index contributed by atoms with van der Waals surface area (Å²) in [5.74, 6) is 1.06. The molecule has 3 aromatic rings. The van der Waals surface area contributed by atoms with Gasteiger partial charge in [0.25, 0.3) is 0 Å². The number of carbonyl (C=O) groups is 1. The fraction of sp³-hybridized carbons (Fsp3) is 0.350. The first-order valence-electron chi connectivity index (χ1n) is 8.97. The van der Waals surface area contributed by atoms with Crippen LogP contribution >= 0.6 is 0 Å². The molecule has 1 aliphatic heterocycles. The number of aromatic nitrogens is 4. The van der Waals surface area contributed by atoms with Crippen molar-refractivity contribution in [2.75, 3.05) is 13.1 Å². The molecule has 4 rings (SSSR count). The number of hydrogen-bond acceptors (Lipinski definition) is 5. The number of pyridine rings is 2. The molecular weight excluding hydrogens is 326 g/mol. The van der Waals surface area contributed by atoms with E-state index in [9.17, 15) is 4.79 Å². The Morgan fingerprint density at radius 2 is 2.04 bits per heavy atom. The minimum Gasteiger partial charge on any atom is -0.342 e. The molecule has 0 aliphatic carbocycles. The van der Waals surface area contributed by atoms with E-state index in [1.54, 1.807) is 12.4 Å². The van der Waals surface area contributed by atoms with Crippen molar-refractivity contribution in [1.29, 1.82) is 0 Å². The van der Waals surface area contributed by atoms with Gasteiger partial charge in [0.1, 0.15) is 5.82 Å². The summed E-state index contributed by atoms with van der Waals surface area (Å²) in [4.78, 5) is 32.4. The number of rotatable bonds is 3. The fourth-order valence-electron chi connectivity index (χ4n) is 3.61. The predicted molar refractivity (Wildman–Crippen MR) is 98.6 cm³/mol. The Kier molecular flexibility index (Phi) is 4.56. The van der Waals surface area contributed by atoms with Gasteiger partial charge < -0.3 is 4.90 Å². The quantitative estimate of drug-likeness (QED) is 0.728. The van der Waals surface area contributed by atoms with Crippen molar-refractivity contribution in [3.05, 3.63) is 59.9 Å². The van der Waals surface area contributed by atoms with E-state index >= 15 is 0 Å². The lowest BCUT2D eigenvalue weighted by molar-refractivity contribution is -0.131. The normalized spacial score (nSPS) is 17.4. The van der Waals surface area contributed by atoms with E-state index in [0.29, 0.717) is 13.0 Å². The predicted octanol–water partition coefficient (Wildman–Crippen LogP) is 2.68. The average molecular weight is 347 g/mol. The molecule has 1 atom stereocenters. The highest BCUT2D eigenvalue weighted by atomic mass is 16.2. The van der Waals surface area contributed by atoms with Gasteiger partial charge in [0.2, 0.25) is 5.91 Å². The van der Waals surface area contributed by atoms with Crippen molar-refractivity contribution in [3.8, 4) is 0 Å². The minimum absolute atomic E-state index is 0.126. The lowest BCUT2D eigenvalue weighted by Crippen LogP contribution is -2.40. The molecule has 1 aliphatic rings. The van der Waals surface area contributed by atoms with Gasteiger partial charge in [-0.3, -0.25) is 9.78 Å². The van der Waals surface area contributed by atoms with Crippen LogP contribution in [0.15, 0.2) is 42.7 Å². The molecule has 6 nitrogen and oxygen atoms in total. The molecule has 4 heterocycles. The zero-order valence-electron chi connectivity index (χ0n) is 14.8. The van der Waals surface area contributed by atoms with Gasteiger partial charge >= 0.3 is 0 Å². The molecule has 3 aromatic heterocycles. The van der Waals surface area contributed by atoms with Crippen LogP contribution in [0.5, 0.6) is 0 Å². The Bertz CT molecular complexity index is 928. The number of fused-ring (bicyclic) bond motifs is 1. The van der Waals surface area contributed by atoms with Crippen molar-refractivity contribution in [1.82, 2.24) is 24.8 Å². The molecule has 0 N–H and O–H groups in total. The van der Waals surface area contributed by atoms with Gasteiger partial charge in [-0.05, 0) is 44.0 Å². The van der Waals surface area contributed by atoms with Crippen LogP contribution in [0.3, 0.4) is 0 Å². The molecule has 0 bridgehead atoms. The summed E-state index contributed by atoms with van der Waals surface area (Å²) < 4.78 is 0. The third-order valence-electron chi connectivity index (χ3n) is 4.83. The second-order valence-electron chi connectivity index (χ2n) is 6.71. The van der Waals surface area contributed by atoms with Gasteiger partial charge in [-0.25, -0.2) is 15.0 Å². The Labute approximate surface area is 152 Å². The van der Waals surface area contributed by atoms with Crippen LogP contribution in [0.2, 0.25) is 0 Å². The minimum atomic E-state index is 0.126. The molecular formula is C20H21N5O. The third kappa shape index (κ3) is 3.40. The van der Waals surface area contributed by atoms with E-state index < -0.39 is 0 Å². The molecule has 0 saturated carbocycles. The van der Waals surface area contributed by atoms with Crippen molar-refractivity contribution >= 4 is 16.9 Å². The van der Waals surface area contributed by atoms with Gasteiger partial charge in [-0.15, -0.1) is 0 Å². The molecule has 6 heteroatoms. The van der Waals surface area contributed by atoms with Gasteiger partial charge in [0.05, 0.1) is 12.1 Å². The summed E-state index contributed by atoms with van der Waals surface area (Å²) in [6.07, 6.45) is 5.82. The maximum absolute atomic E-state index is 12.7. The van der Waals surface area contributed by atoms with E-state index in [1.165, 1.54) is 0 Å². The summed E-state index contributed by atoms with van der Waals surface area (Å²) >= 11 is 0. The number of amides is 1. The highest BCUT2D eigenvalue weighted by Crippen LogP contribution is 2.30. The topological polar surface area (TPSA) is 71.9 Å². The second-order valence-corrected chi connectivity index (χ2v) is 6.71. The molecule has 26 heavy (non-hydrogen) atoms. The van der Waals surface area contributed by atoms with Gasteiger partial charge in [0, 0.05) is 42.5 Å². The van der Waals surface area contributed by atoms with E-state index in [4.69, 9.17) is 4.98 Å². The zero-order chi connectivity index (χ0) is 17.9. The number of aryl methyl sites for hydroxylation is 1. The number of carbonyl (C=O) groups excluding carboxylic acids is 1. The number of nitrogens with zero attached hydrogens (tertiary/aromatic N) is 5. The van der Waals surface area contributed by atoms with Crippen molar-refractivity contribution < 1.29 is 4.79 Å². The van der Waals surface area contributed by atoms with Crippen LogP contribution in [0.4, 0.5) is 0 Å². The van der Waals surface area contributed by atoms with Crippen LogP contribution < -0.4 is 0 Å². The van der Waals surface area contributed by atoms with Crippen molar-refractivity contribution in [2.24, 2.45) is 0 Å². The first kappa shape index (κ1) is 16.6. The van der Waals surface area contributed by atoms with Crippen LogP contribution in [-0.2, 0) is 11.2 Å². The number of likely N-dealkylation sites (tertiary alicyclic amines) is 1. The summed E-state index contributed by atoms with van der Waals surface area (Å²) in [6, 6.07) is 9.61. The Hall–Kier alpha value is -2.89. The first-order valence-corrected chi connectivity index (χ1v) is 8.97. The van der Waals surface area contributed by atoms with E-state index in [0.717, 1.165) is 47.6 Å². The van der Waals surface area contributed by atoms with Crippen molar-refractivity contribution in [3.63, 3.8) is 0 Å².